The van der Waals surface area contributed by atoms with Crippen molar-refractivity contribution in [3.8, 4) is 6.07 Å². The zero-order chi connectivity index (χ0) is 13.9. The van der Waals surface area contributed by atoms with Gasteiger partial charge >= 0.3 is 0 Å². The Labute approximate surface area is 109 Å². The highest BCUT2D eigenvalue weighted by Crippen LogP contribution is 2.18. The molecule has 0 bridgehead atoms. The molecule has 0 aliphatic rings. The molecule has 0 radical (unpaired) electrons. The molecule has 0 unspecified atom stereocenters. The number of pyridine rings is 1. The van der Waals surface area contributed by atoms with Gasteiger partial charge in [-0.15, -0.1) is 0 Å². The summed E-state index contributed by atoms with van der Waals surface area (Å²) >= 11 is 0. The summed E-state index contributed by atoms with van der Waals surface area (Å²) in [5.74, 6) is -0.659. The van der Waals surface area contributed by atoms with Crippen LogP contribution in [0.1, 0.15) is 5.56 Å². The molecule has 19 heavy (non-hydrogen) atoms. The average molecular weight is 277 g/mol. The minimum absolute atomic E-state index is 0.00672. The van der Waals surface area contributed by atoms with Crippen LogP contribution in [0.2, 0.25) is 0 Å². The van der Waals surface area contributed by atoms with Gasteiger partial charge in [0.2, 0.25) is 0 Å². The third-order valence-electron chi connectivity index (χ3n) is 2.25. The zero-order valence-corrected chi connectivity index (χ0v) is 10.4. The Morgan fingerprint density at radius 3 is 2.68 bits per heavy atom. The van der Waals surface area contributed by atoms with Crippen molar-refractivity contribution in [1.82, 2.24) is 4.98 Å². The van der Waals surface area contributed by atoms with E-state index in [1.807, 2.05) is 0 Å². The maximum absolute atomic E-state index is 12.9. The van der Waals surface area contributed by atoms with Gasteiger partial charge in [-0.2, -0.15) is 5.26 Å². The highest BCUT2D eigenvalue weighted by atomic mass is 32.2. The van der Waals surface area contributed by atoms with Crippen molar-refractivity contribution in [2.45, 2.75) is 4.90 Å². The summed E-state index contributed by atoms with van der Waals surface area (Å²) in [6, 6.07) is 8.53. The van der Waals surface area contributed by atoms with Crippen molar-refractivity contribution in [2.24, 2.45) is 0 Å². The lowest BCUT2D eigenvalue weighted by Crippen LogP contribution is -2.14. The summed E-state index contributed by atoms with van der Waals surface area (Å²) in [6.07, 6.45) is 2.14. The molecule has 2 rings (SSSR count). The smallest absolute Gasteiger partial charge is 0.263 e. The summed E-state index contributed by atoms with van der Waals surface area (Å²) in [5.41, 5.74) is 0.00658. The zero-order valence-electron chi connectivity index (χ0n) is 9.54. The molecule has 0 amide bonds. The van der Waals surface area contributed by atoms with E-state index in [0.717, 1.165) is 12.3 Å². The first-order valence-corrected chi connectivity index (χ1v) is 6.64. The number of aromatic nitrogens is 1. The van der Waals surface area contributed by atoms with Gasteiger partial charge in [0.1, 0.15) is 16.8 Å². The molecular weight excluding hydrogens is 269 g/mol. The Morgan fingerprint density at radius 2 is 2.00 bits per heavy atom. The number of rotatable bonds is 3. The van der Waals surface area contributed by atoms with E-state index in [9.17, 15) is 12.8 Å². The summed E-state index contributed by atoms with van der Waals surface area (Å²) in [5, 5.41) is 8.88. The number of benzene rings is 1. The van der Waals surface area contributed by atoms with Crippen LogP contribution >= 0.6 is 0 Å². The molecule has 0 spiro atoms. The minimum Gasteiger partial charge on any atom is -0.278 e. The number of hydrogen-bond donors (Lipinski definition) is 1. The molecule has 2 aromatic rings. The first-order valence-electron chi connectivity index (χ1n) is 5.15. The molecule has 0 atom stereocenters. The van der Waals surface area contributed by atoms with Crippen LogP contribution in [-0.2, 0) is 10.0 Å². The number of nitrogens with one attached hydrogen (secondary N) is 1. The molecule has 1 N–H and O–H groups in total. The molecular formula is C12H8FN3O2S. The Hall–Kier alpha value is -2.46. The van der Waals surface area contributed by atoms with Gasteiger partial charge in [-0.1, -0.05) is 12.1 Å². The topological polar surface area (TPSA) is 82.8 Å². The number of anilines is 1. The van der Waals surface area contributed by atoms with Crippen molar-refractivity contribution >= 4 is 15.7 Å². The van der Waals surface area contributed by atoms with Crippen LogP contribution in [0.15, 0.2) is 47.6 Å². The molecule has 1 aromatic heterocycles. The fourth-order valence-corrected chi connectivity index (χ4v) is 2.66. The molecule has 0 saturated carbocycles. The maximum atomic E-state index is 12.9. The molecule has 96 valence electrons. The number of sulfonamides is 1. The molecule has 1 heterocycles. The van der Waals surface area contributed by atoms with E-state index < -0.39 is 15.8 Å². The van der Waals surface area contributed by atoms with E-state index in [1.165, 1.54) is 24.4 Å². The van der Waals surface area contributed by atoms with Gasteiger partial charge in [0.25, 0.3) is 10.0 Å². The van der Waals surface area contributed by atoms with Crippen LogP contribution in [0, 0.1) is 17.1 Å². The Morgan fingerprint density at radius 1 is 1.26 bits per heavy atom. The van der Waals surface area contributed by atoms with Crippen molar-refractivity contribution in [3.05, 3.63) is 54.1 Å². The Bertz CT molecular complexity index is 754. The summed E-state index contributed by atoms with van der Waals surface area (Å²) in [4.78, 5) is 3.37. The lowest BCUT2D eigenvalue weighted by molar-refractivity contribution is 0.600. The molecule has 0 aliphatic heterocycles. The van der Waals surface area contributed by atoms with Crippen molar-refractivity contribution in [3.63, 3.8) is 0 Å². The van der Waals surface area contributed by atoms with Crippen molar-refractivity contribution in [1.29, 1.82) is 5.26 Å². The second kappa shape index (κ2) is 5.04. The average Bonchev–Trinajstić information content (AvgIpc) is 2.38. The fraction of sp³-hybridized carbons (Fsp3) is 0. The van der Waals surface area contributed by atoms with Crippen LogP contribution in [0.3, 0.4) is 0 Å². The molecule has 0 saturated heterocycles. The van der Waals surface area contributed by atoms with Gasteiger partial charge in [-0.3, -0.25) is 9.71 Å². The van der Waals surface area contributed by atoms with Crippen LogP contribution in [0.4, 0.5) is 10.1 Å². The number of nitriles is 1. The van der Waals surface area contributed by atoms with Crippen LogP contribution in [-0.4, -0.2) is 13.4 Å². The Balaban J connectivity index is 2.41. The Kier molecular flexibility index (Phi) is 3.44. The maximum Gasteiger partial charge on any atom is 0.263 e. The van der Waals surface area contributed by atoms with E-state index in [0.29, 0.717) is 0 Å². The molecule has 0 fully saturated rings. The SMILES string of the molecule is N#Cc1ccccc1S(=O)(=O)Nc1cncc(F)c1. The molecule has 0 aliphatic carbocycles. The van der Waals surface area contributed by atoms with Gasteiger partial charge in [-0.25, -0.2) is 12.8 Å². The van der Waals surface area contributed by atoms with E-state index in [4.69, 9.17) is 5.26 Å². The number of nitrogens with zero attached hydrogens (tertiary/aromatic N) is 2. The standard InChI is InChI=1S/C12H8FN3O2S/c13-10-5-11(8-15-7-10)16-19(17,18)12-4-2-1-3-9(12)6-14/h1-5,7-8,16H. The highest BCUT2D eigenvalue weighted by Gasteiger charge is 2.18. The first-order chi connectivity index (χ1) is 9.03. The first kappa shape index (κ1) is 13.0. The molecule has 7 heteroatoms. The third-order valence-corrected chi connectivity index (χ3v) is 3.69. The predicted molar refractivity (Wildman–Crippen MR) is 66.2 cm³/mol. The quantitative estimate of drug-likeness (QED) is 0.928. The second-order valence-corrected chi connectivity index (χ2v) is 5.26. The van der Waals surface area contributed by atoms with Gasteiger partial charge in [0.05, 0.1) is 23.6 Å². The highest BCUT2D eigenvalue weighted by molar-refractivity contribution is 7.92. The molecule has 5 nitrogen and oxygen atoms in total. The minimum atomic E-state index is -3.95. The van der Waals surface area contributed by atoms with Crippen LogP contribution in [0.5, 0.6) is 0 Å². The van der Waals surface area contributed by atoms with Gasteiger partial charge in [0, 0.05) is 6.07 Å². The number of hydrogen-bond acceptors (Lipinski definition) is 4. The lowest BCUT2D eigenvalue weighted by atomic mass is 10.2. The van der Waals surface area contributed by atoms with Crippen molar-refractivity contribution in [2.75, 3.05) is 4.72 Å². The summed E-state index contributed by atoms with van der Waals surface area (Å²) in [6.45, 7) is 0. The summed E-state index contributed by atoms with van der Waals surface area (Å²) < 4.78 is 39.3. The van der Waals surface area contributed by atoms with E-state index in [1.54, 1.807) is 12.1 Å². The number of halogens is 1. The summed E-state index contributed by atoms with van der Waals surface area (Å²) in [7, 11) is -3.95. The van der Waals surface area contributed by atoms with Crippen LogP contribution in [0.25, 0.3) is 0 Å². The van der Waals surface area contributed by atoms with Crippen molar-refractivity contribution < 1.29 is 12.8 Å². The van der Waals surface area contributed by atoms with Gasteiger partial charge < -0.3 is 0 Å². The monoisotopic (exact) mass is 277 g/mol. The third kappa shape index (κ3) is 2.86. The van der Waals surface area contributed by atoms with Crippen LogP contribution < -0.4 is 4.72 Å². The van der Waals surface area contributed by atoms with E-state index in [-0.39, 0.29) is 16.1 Å². The second-order valence-electron chi connectivity index (χ2n) is 3.61. The van der Waals surface area contributed by atoms with E-state index >= 15 is 0 Å². The van der Waals surface area contributed by atoms with Gasteiger partial charge in [-0.05, 0) is 12.1 Å². The predicted octanol–water partition coefficient (Wildman–Crippen LogP) is 1.89. The largest absolute Gasteiger partial charge is 0.278 e. The van der Waals surface area contributed by atoms with Gasteiger partial charge in [0.15, 0.2) is 0 Å². The fourth-order valence-electron chi connectivity index (χ4n) is 1.47. The molecule has 1 aromatic carbocycles. The van der Waals surface area contributed by atoms with E-state index in [2.05, 4.69) is 9.71 Å². The normalized spacial score (nSPS) is 10.7. The lowest BCUT2D eigenvalue weighted by Gasteiger charge is -2.08.